The van der Waals surface area contributed by atoms with E-state index in [1.807, 2.05) is 0 Å². The van der Waals surface area contributed by atoms with Gasteiger partial charge >= 0.3 is 0 Å². The molecule has 1 heterocycles. The van der Waals surface area contributed by atoms with E-state index in [1.54, 1.807) is 0 Å². The van der Waals surface area contributed by atoms with Crippen molar-refractivity contribution >= 4 is 0 Å². The van der Waals surface area contributed by atoms with E-state index in [1.165, 1.54) is 89.9 Å². The Labute approximate surface area is 197 Å². The van der Waals surface area contributed by atoms with Crippen LogP contribution in [0.15, 0.2) is 24.3 Å². The van der Waals surface area contributed by atoms with Crippen LogP contribution in [0, 0.1) is 17.8 Å². The van der Waals surface area contributed by atoms with Crippen LogP contribution in [0.4, 0.5) is 0 Å². The predicted molar refractivity (Wildman–Crippen MR) is 133 cm³/mol. The monoisotopic (exact) mass is 444 g/mol. The molecular weight excluding hydrogens is 396 g/mol. The van der Waals surface area contributed by atoms with E-state index >= 15 is 0 Å². The highest BCUT2D eigenvalue weighted by Crippen LogP contribution is 2.34. The first-order valence-electron chi connectivity index (χ1n) is 13.7. The minimum atomic E-state index is -0.219. The van der Waals surface area contributed by atoms with Gasteiger partial charge in [-0.2, -0.15) is 0 Å². The Morgan fingerprint density at radius 3 is 1.94 bits per heavy atom. The molecule has 2 aliphatic rings. The van der Waals surface area contributed by atoms with Crippen molar-refractivity contribution in [2.45, 2.75) is 110 Å². The topological polar surface area (TPSA) is 27.7 Å². The summed E-state index contributed by atoms with van der Waals surface area (Å²) in [6.07, 6.45) is 19.0. The van der Waals surface area contributed by atoms with E-state index in [9.17, 15) is 0 Å². The molecule has 1 aliphatic carbocycles. The van der Waals surface area contributed by atoms with Crippen molar-refractivity contribution in [1.29, 1.82) is 0 Å². The highest BCUT2D eigenvalue weighted by atomic mass is 16.7. The van der Waals surface area contributed by atoms with Crippen molar-refractivity contribution < 1.29 is 14.2 Å². The number of benzene rings is 1. The van der Waals surface area contributed by atoms with Gasteiger partial charge in [-0.15, -0.1) is 0 Å². The molecule has 0 bridgehead atoms. The zero-order chi connectivity index (χ0) is 22.4. The molecule has 1 saturated heterocycles. The summed E-state index contributed by atoms with van der Waals surface area (Å²) in [7, 11) is 0. The van der Waals surface area contributed by atoms with Gasteiger partial charge in [0.05, 0.1) is 19.8 Å². The highest BCUT2D eigenvalue weighted by molar-refractivity contribution is 5.28. The summed E-state index contributed by atoms with van der Waals surface area (Å²) < 4.78 is 17.8. The van der Waals surface area contributed by atoms with Crippen molar-refractivity contribution in [3.05, 3.63) is 29.8 Å². The number of unbranched alkanes of at least 4 members (excludes halogenated alkanes) is 4. The third kappa shape index (κ3) is 9.06. The molecule has 1 aromatic carbocycles. The van der Waals surface area contributed by atoms with E-state index < -0.39 is 0 Å². The molecule has 2 fully saturated rings. The second-order valence-electron chi connectivity index (χ2n) is 10.3. The molecule has 0 aromatic heterocycles. The fraction of sp³-hybridized carbons (Fsp3) is 0.793. The normalized spacial score (nSPS) is 26.2. The molecule has 0 N–H and O–H groups in total. The molecule has 3 rings (SSSR count). The lowest BCUT2D eigenvalue weighted by Crippen LogP contribution is -2.26. The van der Waals surface area contributed by atoms with Crippen LogP contribution in [0.1, 0.15) is 116 Å². The van der Waals surface area contributed by atoms with Crippen molar-refractivity contribution in [1.82, 2.24) is 0 Å². The maximum atomic E-state index is 6.01. The van der Waals surface area contributed by atoms with Crippen LogP contribution in [0.5, 0.6) is 5.75 Å². The summed E-state index contributed by atoms with van der Waals surface area (Å²) in [5, 5.41) is 0. The van der Waals surface area contributed by atoms with Crippen molar-refractivity contribution in [3.63, 3.8) is 0 Å². The second-order valence-corrected chi connectivity index (χ2v) is 10.3. The second kappa shape index (κ2) is 15.0. The lowest BCUT2D eigenvalue weighted by Gasteiger charge is -2.29. The highest BCUT2D eigenvalue weighted by Gasteiger charge is 2.23. The quantitative estimate of drug-likeness (QED) is 0.269. The van der Waals surface area contributed by atoms with Crippen LogP contribution in [-0.2, 0) is 9.47 Å². The molecule has 0 radical (unpaired) electrons. The first-order chi connectivity index (χ1) is 15.8. The third-order valence-electron chi connectivity index (χ3n) is 7.52. The van der Waals surface area contributed by atoms with Gasteiger partial charge in [-0.25, -0.2) is 0 Å². The van der Waals surface area contributed by atoms with Gasteiger partial charge in [-0.05, 0) is 43.2 Å². The summed E-state index contributed by atoms with van der Waals surface area (Å²) >= 11 is 0. The van der Waals surface area contributed by atoms with Crippen LogP contribution in [0.3, 0.4) is 0 Å². The fourth-order valence-electron chi connectivity index (χ4n) is 5.44. The fourth-order valence-corrected chi connectivity index (χ4v) is 5.44. The molecule has 0 atom stereocenters. The van der Waals surface area contributed by atoms with Gasteiger partial charge in [0.1, 0.15) is 5.75 Å². The predicted octanol–water partition coefficient (Wildman–Crippen LogP) is 8.47. The molecule has 3 heteroatoms. The Morgan fingerprint density at radius 2 is 1.31 bits per heavy atom. The minimum Gasteiger partial charge on any atom is -0.494 e. The Kier molecular flexibility index (Phi) is 12.0. The van der Waals surface area contributed by atoms with E-state index in [-0.39, 0.29) is 6.29 Å². The molecule has 32 heavy (non-hydrogen) atoms. The van der Waals surface area contributed by atoms with E-state index in [4.69, 9.17) is 14.2 Å². The average Bonchev–Trinajstić information content (AvgIpc) is 2.84. The van der Waals surface area contributed by atoms with Gasteiger partial charge in [-0.1, -0.05) is 96.6 Å². The molecule has 3 nitrogen and oxygen atoms in total. The van der Waals surface area contributed by atoms with Gasteiger partial charge < -0.3 is 14.2 Å². The summed E-state index contributed by atoms with van der Waals surface area (Å²) in [4.78, 5) is 0. The van der Waals surface area contributed by atoms with Crippen LogP contribution in [0.2, 0.25) is 0 Å². The standard InChI is InChI=1S/C29H48O3/c1-3-5-6-7-8-11-24-13-15-25(16-14-24)12-9-21-30-28-19-17-27(18-20-28)29-31-22-26(10-4-2)23-32-29/h17-20,24-26,29H,3-16,21-23H2,1-2H3/t24-,25-,26-,29-. The van der Waals surface area contributed by atoms with Crippen molar-refractivity contribution in [2.75, 3.05) is 19.8 Å². The SMILES string of the molecule is CCCCCCC[C@H]1CC[C@H](CCCOc2ccc([C@H]3OC[C@H](CCC)CO3)cc2)CC1. The lowest BCUT2D eigenvalue weighted by atomic mass is 9.78. The summed E-state index contributed by atoms with van der Waals surface area (Å²) in [6.45, 7) is 6.95. The Balaban J connectivity index is 1.24. The zero-order valence-corrected chi connectivity index (χ0v) is 20.9. The molecule has 0 amide bonds. The molecular formula is C29H48O3. The van der Waals surface area contributed by atoms with Crippen LogP contribution < -0.4 is 4.74 Å². The minimum absolute atomic E-state index is 0.219. The Hall–Kier alpha value is -1.06. The third-order valence-corrected chi connectivity index (χ3v) is 7.52. The maximum Gasteiger partial charge on any atom is 0.183 e. The largest absolute Gasteiger partial charge is 0.494 e. The van der Waals surface area contributed by atoms with Gasteiger partial charge in [-0.3, -0.25) is 0 Å². The van der Waals surface area contributed by atoms with Crippen LogP contribution in [-0.4, -0.2) is 19.8 Å². The van der Waals surface area contributed by atoms with Gasteiger partial charge in [0.15, 0.2) is 6.29 Å². The zero-order valence-electron chi connectivity index (χ0n) is 20.9. The van der Waals surface area contributed by atoms with Gasteiger partial charge in [0.2, 0.25) is 0 Å². The lowest BCUT2D eigenvalue weighted by molar-refractivity contribution is -0.206. The molecule has 0 unspecified atom stereocenters. The van der Waals surface area contributed by atoms with Crippen molar-refractivity contribution in [3.8, 4) is 5.75 Å². The van der Waals surface area contributed by atoms with Crippen molar-refractivity contribution in [2.24, 2.45) is 17.8 Å². The maximum absolute atomic E-state index is 6.01. The van der Waals surface area contributed by atoms with Crippen LogP contribution >= 0.6 is 0 Å². The number of hydrogen-bond donors (Lipinski definition) is 0. The molecule has 0 spiro atoms. The van der Waals surface area contributed by atoms with E-state index in [2.05, 4.69) is 38.1 Å². The Morgan fingerprint density at radius 1 is 0.688 bits per heavy atom. The first-order valence-corrected chi connectivity index (χ1v) is 13.7. The summed E-state index contributed by atoms with van der Waals surface area (Å²) in [5.41, 5.74) is 1.09. The summed E-state index contributed by atoms with van der Waals surface area (Å²) in [6, 6.07) is 8.30. The number of ether oxygens (including phenoxy) is 3. The number of hydrogen-bond acceptors (Lipinski definition) is 3. The van der Waals surface area contributed by atoms with Gasteiger partial charge in [0.25, 0.3) is 0 Å². The number of rotatable bonds is 14. The molecule has 182 valence electrons. The van der Waals surface area contributed by atoms with E-state index in [0.717, 1.165) is 43.0 Å². The molecule has 1 aromatic rings. The average molecular weight is 445 g/mol. The molecule has 1 saturated carbocycles. The van der Waals surface area contributed by atoms with E-state index in [0.29, 0.717) is 5.92 Å². The smallest absolute Gasteiger partial charge is 0.183 e. The van der Waals surface area contributed by atoms with Gasteiger partial charge in [0, 0.05) is 11.5 Å². The summed E-state index contributed by atoms with van der Waals surface area (Å²) in [5.74, 6) is 3.44. The first kappa shape index (κ1) is 25.6. The van der Waals surface area contributed by atoms with Crippen LogP contribution in [0.25, 0.3) is 0 Å². The Bertz CT molecular complexity index is 583. The molecule has 1 aliphatic heterocycles.